The van der Waals surface area contributed by atoms with Gasteiger partial charge in [-0.2, -0.15) is 0 Å². The smallest absolute Gasteiger partial charge is 0.262 e. The Balaban J connectivity index is 1.09. The molecule has 1 amide bonds. The van der Waals surface area contributed by atoms with E-state index in [9.17, 15) is 13.2 Å². The van der Waals surface area contributed by atoms with E-state index in [-0.39, 0.29) is 22.2 Å². The number of halogens is 2. The van der Waals surface area contributed by atoms with Gasteiger partial charge in [-0.05, 0) is 119 Å². The van der Waals surface area contributed by atoms with Crippen LogP contribution in [0.2, 0.25) is 10.0 Å². The Kier molecular flexibility index (Phi) is 10.9. The molecule has 0 saturated carbocycles. The zero-order valence-corrected chi connectivity index (χ0v) is 26.4. The van der Waals surface area contributed by atoms with Crippen molar-refractivity contribution in [3.8, 4) is 11.5 Å². The summed E-state index contributed by atoms with van der Waals surface area (Å²) in [6.45, 7) is 6.27. The molecule has 2 aliphatic heterocycles. The monoisotopic (exact) mass is 644 g/mol. The number of sulfonamides is 1. The van der Waals surface area contributed by atoms with E-state index in [4.69, 9.17) is 27.9 Å². The second-order valence-corrected chi connectivity index (χ2v) is 13.6. The lowest BCUT2D eigenvalue weighted by molar-refractivity contribution is 0.0902. The summed E-state index contributed by atoms with van der Waals surface area (Å²) in [5.74, 6) is 0.391. The number of ether oxygens (including phenoxy) is 1. The Hall–Kier alpha value is -2.82. The maximum Gasteiger partial charge on any atom is 0.262 e. The molecular weight excluding hydrogens is 607 g/mol. The molecule has 230 valence electrons. The van der Waals surface area contributed by atoms with Crippen LogP contribution >= 0.6 is 23.2 Å². The fourth-order valence-electron chi connectivity index (χ4n) is 5.70. The van der Waals surface area contributed by atoms with Crippen LogP contribution in [0.4, 0.5) is 5.69 Å². The zero-order chi connectivity index (χ0) is 30.2. The molecule has 2 aliphatic rings. The molecule has 0 atom stereocenters. The highest BCUT2D eigenvalue weighted by molar-refractivity contribution is 7.92. The number of anilines is 1. The van der Waals surface area contributed by atoms with Gasteiger partial charge in [0.25, 0.3) is 15.9 Å². The largest absolute Gasteiger partial charge is 0.454 e. The van der Waals surface area contributed by atoms with Gasteiger partial charge in [-0.3, -0.25) is 9.52 Å². The molecule has 0 bridgehead atoms. The van der Waals surface area contributed by atoms with Crippen LogP contribution in [-0.4, -0.2) is 69.4 Å². The van der Waals surface area contributed by atoms with Gasteiger partial charge in [0.15, 0.2) is 5.75 Å². The van der Waals surface area contributed by atoms with Gasteiger partial charge in [0.05, 0.1) is 15.6 Å². The summed E-state index contributed by atoms with van der Waals surface area (Å²) in [6.07, 6.45) is 7.37. The topological polar surface area (TPSA) is 91.0 Å². The average Bonchev–Trinajstić information content (AvgIpc) is 3.02. The van der Waals surface area contributed by atoms with E-state index in [1.54, 1.807) is 42.5 Å². The van der Waals surface area contributed by atoms with Crippen molar-refractivity contribution in [1.29, 1.82) is 0 Å². The fourth-order valence-corrected chi connectivity index (χ4v) is 7.22. The third kappa shape index (κ3) is 8.64. The first kappa shape index (κ1) is 31.6. The molecule has 3 aromatic rings. The van der Waals surface area contributed by atoms with Gasteiger partial charge in [-0.15, -0.1) is 0 Å². The molecule has 8 nitrogen and oxygen atoms in total. The zero-order valence-electron chi connectivity index (χ0n) is 24.1. The molecule has 2 N–H and O–H groups in total. The van der Waals surface area contributed by atoms with Crippen molar-refractivity contribution in [3.63, 3.8) is 0 Å². The highest BCUT2D eigenvalue weighted by Crippen LogP contribution is 2.35. The number of carbonyl (C=O) groups is 1. The molecule has 2 heterocycles. The Morgan fingerprint density at radius 2 is 1.60 bits per heavy atom. The van der Waals surface area contributed by atoms with Gasteiger partial charge in [0.2, 0.25) is 0 Å². The maximum atomic E-state index is 13.2. The summed E-state index contributed by atoms with van der Waals surface area (Å²) >= 11 is 12.2. The van der Waals surface area contributed by atoms with Crippen molar-refractivity contribution in [2.45, 2.75) is 49.5 Å². The first-order chi connectivity index (χ1) is 20.8. The van der Waals surface area contributed by atoms with Gasteiger partial charge in [0.1, 0.15) is 5.75 Å². The van der Waals surface area contributed by atoms with E-state index in [1.165, 1.54) is 69.5 Å². The summed E-state index contributed by atoms with van der Waals surface area (Å²) in [5.41, 5.74) is 0.647. The van der Waals surface area contributed by atoms with E-state index >= 15 is 0 Å². The van der Waals surface area contributed by atoms with Gasteiger partial charge in [0, 0.05) is 23.2 Å². The number of amides is 1. The highest BCUT2D eigenvalue weighted by atomic mass is 35.5. The predicted molar refractivity (Wildman–Crippen MR) is 172 cm³/mol. The van der Waals surface area contributed by atoms with Crippen molar-refractivity contribution in [2.75, 3.05) is 44.0 Å². The Labute approximate surface area is 264 Å². The minimum absolute atomic E-state index is 0.0244. The standard InChI is InChI=1S/C32H38Cl2N4O4S/c33-25-11-14-30(28(34)23-25)42-31-8-3-2-7-29(31)36-43(40,41)27-12-9-24(10-13-27)32(39)35-17-6-18-37-21-15-26(16-22-37)38-19-4-1-5-20-38/h2-3,7-14,23,26,36H,1,4-6,15-22H2,(H,35,39). The molecule has 0 spiro atoms. The van der Waals surface area contributed by atoms with Gasteiger partial charge in [-0.25, -0.2) is 8.42 Å². The third-order valence-corrected chi connectivity index (χ3v) is 9.98. The maximum absolute atomic E-state index is 13.2. The van der Waals surface area contributed by atoms with E-state index in [0.717, 1.165) is 32.1 Å². The van der Waals surface area contributed by atoms with Crippen LogP contribution in [0, 0.1) is 0 Å². The van der Waals surface area contributed by atoms with Crippen LogP contribution in [0.1, 0.15) is 48.9 Å². The van der Waals surface area contributed by atoms with Crippen molar-refractivity contribution >= 4 is 44.8 Å². The second-order valence-electron chi connectivity index (χ2n) is 11.1. The van der Waals surface area contributed by atoms with Crippen LogP contribution in [0.5, 0.6) is 11.5 Å². The Morgan fingerprint density at radius 3 is 2.33 bits per heavy atom. The molecule has 3 aromatic carbocycles. The number of piperidine rings is 2. The van der Waals surface area contributed by atoms with Gasteiger partial charge in [-0.1, -0.05) is 41.8 Å². The summed E-state index contributed by atoms with van der Waals surface area (Å²) in [6, 6.07) is 18.0. The van der Waals surface area contributed by atoms with E-state index in [1.807, 2.05) is 0 Å². The molecule has 2 saturated heterocycles. The second kappa shape index (κ2) is 14.8. The number of nitrogens with zero attached hydrogens (tertiary/aromatic N) is 2. The van der Waals surface area contributed by atoms with Crippen LogP contribution in [0.15, 0.2) is 71.6 Å². The lowest BCUT2D eigenvalue weighted by Gasteiger charge is -2.40. The third-order valence-electron chi connectivity index (χ3n) is 8.07. The average molecular weight is 646 g/mol. The number of para-hydroxylation sites is 2. The quantitative estimate of drug-likeness (QED) is 0.227. The van der Waals surface area contributed by atoms with Crippen molar-refractivity contribution < 1.29 is 17.9 Å². The summed E-state index contributed by atoms with van der Waals surface area (Å²) < 4.78 is 34.7. The number of likely N-dealkylation sites (tertiary alicyclic amines) is 2. The Morgan fingerprint density at radius 1 is 0.884 bits per heavy atom. The molecule has 5 rings (SSSR count). The molecular formula is C32H38Cl2N4O4S. The Bertz CT molecular complexity index is 1490. The molecule has 43 heavy (non-hydrogen) atoms. The predicted octanol–water partition coefficient (Wildman–Crippen LogP) is 6.66. The first-order valence-corrected chi connectivity index (χ1v) is 17.1. The molecule has 0 aliphatic carbocycles. The minimum atomic E-state index is -3.96. The van der Waals surface area contributed by atoms with E-state index in [2.05, 4.69) is 19.8 Å². The van der Waals surface area contributed by atoms with Crippen LogP contribution in [0.25, 0.3) is 0 Å². The number of benzene rings is 3. The first-order valence-electron chi connectivity index (χ1n) is 14.9. The number of hydrogen-bond donors (Lipinski definition) is 2. The SMILES string of the molecule is O=C(NCCCN1CCC(N2CCCCC2)CC1)c1ccc(S(=O)(=O)Nc2ccccc2Oc2ccc(Cl)cc2Cl)cc1. The fraction of sp³-hybridized carbons (Fsp3) is 0.406. The van der Waals surface area contributed by atoms with Crippen molar-refractivity contribution in [3.05, 3.63) is 82.3 Å². The van der Waals surface area contributed by atoms with E-state index in [0.29, 0.717) is 27.9 Å². The lowest BCUT2D eigenvalue weighted by Crippen LogP contribution is -2.47. The number of nitrogens with one attached hydrogen (secondary N) is 2. The normalized spacial score (nSPS) is 17.0. The van der Waals surface area contributed by atoms with Gasteiger partial charge >= 0.3 is 0 Å². The number of hydrogen-bond acceptors (Lipinski definition) is 6. The number of carbonyl (C=O) groups excluding carboxylic acids is 1. The molecule has 2 fully saturated rings. The summed E-state index contributed by atoms with van der Waals surface area (Å²) in [4.78, 5) is 17.9. The van der Waals surface area contributed by atoms with Gasteiger partial charge < -0.3 is 19.9 Å². The van der Waals surface area contributed by atoms with E-state index < -0.39 is 10.0 Å². The van der Waals surface area contributed by atoms with Crippen LogP contribution < -0.4 is 14.8 Å². The summed E-state index contributed by atoms with van der Waals surface area (Å²) in [7, 11) is -3.96. The van der Waals surface area contributed by atoms with Crippen molar-refractivity contribution in [1.82, 2.24) is 15.1 Å². The van der Waals surface area contributed by atoms with Crippen LogP contribution in [-0.2, 0) is 10.0 Å². The molecule has 0 aromatic heterocycles. The molecule has 0 radical (unpaired) electrons. The highest BCUT2D eigenvalue weighted by Gasteiger charge is 2.25. The molecule has 11 heteroatoms. The molecule has 0 unspecified atom stereocenters. The van der Waals surface area contributed by atoms with Crippen LogP contribution in [0.3, 0.4) is 0 Å². The summed E-state index contributed by atoms with van der Waals surface area (Å²) in [5, 5.41) is 3.72. The lowest BCUT2D eigenvalue weighted by atomic mass is 10.00. The number of rotatable bonds is 11. The minimum Gasteiger partial charge on any atom is -0.454 e. The van der Waals surface area contributed by atoms with Crippen molar-refractivity contribution in [2.24, 2.45) is 0 Å².